The van der Waals surface area contributed by atoms with Gasteiger partial charge in [0.15, 0.2) is 0 Å². The van der Waals surface area contributed by atoms with Crippen LogP contribution in [0, 0.1) is 5.41 Å². The van der Waals surface area contributed by atoms with Crippen molar-refractivity contribution in [2.45, 2.75) is 26.3 Å². The third-order valence-electron chi connectivity index (χ3n) is 3.47. The number of hydrogen-bond donors (Lipinski definition) is 2. The average molecular weight is 233 g/mol. The lowest BCUT2D eigenvalue weighted by atomic mass is 9.88. The van der Waals surface area contributed by atoms with Gasteiger partial charge in [0.25, 0.3) is 0 Å². The van der Waals surface area contributed by atoms with Crippen molar-refractivity contribution in [3.8, 4) is 0 Å². The Balaban J connectivity index is 1.99. The van der Waals surface area contributed by atoms with E-state index in [9.17, 15) is 4.79 Å². The number of pyridine rings is 1. The lowest BCUT2D eigenvalue weighted by Crippen LogP contribution is -2.41. The molecule has 0 saturated carbocycles. The molecule has 1 unspecified atom stereocenters. The molecule has 0 radical (unpaired) electrons. The molecule has 2 N–H and O–H groups in total. The molecule has 1 saturated heterocycles. The van der Waals surface area contributed by atoms with Gasteiger partial charge < -0.3 is 10.6 Å². The van der Waals surface area contributed by atoms with Gasteiger partial charge in [-0.1, -0.05) is 0 Å². The van der Waals surface area contributed by atoms with E-state index in [1.165, 1.54) is 0 Å². The fourth-order valence-corrected chi connectivity index (χ4v) is 2.12. The van der Waals surface area contributed by atoms with Crippen molar-refractivity contribution in [1.82, 2.24) is 15.6 Å². The van der Waals surface area contributed by atoms with E-state index in [1.807, 2.05) is 26.0 Å². The van der Waals surface area contributed by atoms with Crippen LogP contribution in [0.1, 0.15) is 31.9 Å². The molecule has 1 amide bonds. The molecule has 1 aromatic rings. The number of hydrogen-bond acceptors (Lipinski definition) is 3. The van der Waals surface area contributed by atoms with Crippen LogP contribution >= 0.6 is 0 Å². The maximum Gasteiger partial charge on any atom is 0.227 e. The quantitative estimate of drug-likeness (QED) is 0.826. The Morgan fingerprint density at radius 3 is 2.82 bits per heavy atom. The third kappa shape index (κ3) is 2.64. The van der Waals surface area contributed by atoms with E-state index in [0.29, 0.717) is 0 Å². The standard InChI is InChI=1S/C13H19N3O/c1-10(11-3-6-14-7-4-11)16-12(17)13(2)5-8-15-9-13/h3-4,6-7,10,15H,5,8-9H2,1-2H3,(H,16,17)/t10-,13?/m1/s1. The van der Waals surface area contributed by atoms with Crippen molar-refractivity contribution in [3.63, 3.8) is 0 Å². The Kier molecular flexibility index (Phi) is 3.43. The summed E-state index contributed by atoms with van der Waals surface area (Å²) in [6.45, 7) is 5.70. The average Bonchev–Trinajstić information content (AvgIpc) is 2.78. The van der Waals surface area contributed by atoms with Crippen LogP contribution in [0.15, 0.2) is 24.5 Å². The summed E-state index contributed by atoms with van der Waals surface area (Å²) in [7, 11) is 0. The van der Waals surface area contributed by atoms with E-state index in [1.54, 1.807) is 12.4 Å². The Labute approximate surface area is 102 Å². The molecule has 1 aromatic heterocycles. The van der Waals surface area contributed by atoms with Gasteiger partial charge in [-0.3, -0.25) is 9.78 Å². The maximum absolute atomic E-state index is 12.2. The Morgan fingerprint density at radius 1 is 1.53 bits per heavy atom. The van der Waals surface area contributed by atoms with Gasteiger partial charge in [-0.05, 0) is 44.5 Å². The fourth-order valence-electron chi connectivity index (χ4n) is 2.12. The van der Waals surface area contributed by atoms with Crippen molar-refractivity contribution in [1.29, 1.82) is 0 Å². The Bertz CT molecular complexity index is 385. The summed E-state index contributed by atoms with van der Waals surface area (Å²) >= 11 is 0. The van der Waals surface area contributed by atoms with Gasteiger partial charge in [0.2, 0.25) is 5.91 Å². The highest BCUT2D eigenvalue weighted by Gasteiger charge is 2.36. The molecule has 0 aromatic carbocycles. The van der Waals surface area contributed by atoms with Crippen molar-refractivity contribution in [2.24, 2.45) is 5.41 Å². The van der Waals surface area contributed by atoms with E-state index < -0.39 is 0 Å². The van der Waals surface area contributed by atoms with Crippen molar-refractivity contribution in [2.75, 3.05) is 13.1 Å². The zero-order valence-corrected chi connectivity index (χ0v) is 10.4. The van der Waals surface area contributed by atoms with Crippen LogP contribution in [0.2, 0.25) is 0 Å². The molecule has 17 heavy (non-hydrogen) atoms. The molecule has 1 aliphatic heterocycles. The summed E-state index contributed by atoms with van der Waals surface area (Å²) in [5.74, 6) is 0.131. The van der Waals surface area contributed by atoms with Crippen LogP contribution in [0.5, 0.6) is 0 Å². The van der Waals surface area contributed by atoms with Crippen LogP contribution < -0.4 is 10.6 Å². The van der Waals surface area contributed by atoms with Crippen LogP contribution in [-0.4, -0.2) is 24.0 Å². The lowest BCUT2D eigenvalue weighted by molar-refractivity contribution is -0.129. The largest absolute Gasteiger partial charge is 0.349 e. The minimum atomic E-state index is -0.263. The number of carbonyl (C=O) groups is 1. The Hall–Kier alpha value is -1.42. The summed E-state index contributed by atoms with van der Waals surface area (Å²) in [5, 5.41) is 6.31. The Morgan fingerprint density at radius 2 is 2.24 bits per heavy atom. The predicted octanol–water partition coefficient (Wildman–Crippen LogP) is 1.26. The van der Waals surface area contributed by atoms with Gasteiger partial charge in [0.05, 0.1) is 11.5 Å². The molecule has 92 valence electrons. The smallest absolute Gasteiger partial charge is 0.227 e. The zero-order valence-electron chi connectivity index (χ0n) is 10.4. The predicted molar refractivity (Wildman–Crippen MR) is 66.4 cm³/mol. The van der Waals surface area contributed by atoms with Gasteiger partial charge >= 0.3 is 0 Å². The molecule has 1 aliphatic rings. The van der Waals surface area contributed by atoms with Crippen LogP contribution in [0.4, 0.5) is 0 Å². The molecule has 2 atom stereocenters. The van der Waals surface area contributed by atoms with Gasteiger partial charge in [-0.15, -0.1) is 0 Å². The first-order valence-electron chi connectivity index (χ1n) is 6.03. The first-order chi connectivity index (χ1) is 8.12. The summed E-state index contributed by atoms with van der Waals surface area (Å²) < 4.78 is 0. The third-order valence-corrected chi connectivity index (χ3v) is 3.47. The van der Waals surface area contributed by atoms with Gasteiger partial charge in [0, 0.05) is 18.9 Å². The van der Waals surface area contributed by atoms with Crippen molar-refractivity contribution < 1.29 is 4.79 Å². The molecule has 4 nitrogen and oxygen atoms in total. The molecule has 1 fully saturated rings. The van der Waals surface area contributed by atoms with E-state index in [2.05, 4.69) is 15.6 Å². The first-order valence-corrected chi connectivity index (χ1v) is 6.03. The number of carbonyl (C=O) groups excluding carboxylic acids is 1. The first kappa shape index (κ1) is 12.0. The van der Waals surface area contributed by atoms with Gasteiger partial charge in [-0.25, -0.2) is 0 Å². The van der Waals surface area contributed by atoms with E-state index >= 15 is 0 Å². The SMILES string of the molecule is C[C@@H](NC(=O)C1(C)CCNC1)c1ccncc1. The monoisotopic (exact) mass is 233 g/mol. The highest BCUT2D eigenvalue weighted by molar-refractivity contribution is 5.83. The maximum atomic E-state index is 12.2. The summed E-state index contributed by atoms with van der Waals surface area (Å²) in [4.78, 5) is 16.2. The second-order valence-electron chi connectivity index (χ2n) is 4.96. The summed E-state index contributed by atoms with van der Waals surface area (Å²) in [5.41, 5.74) is 0.823. The number of nitrogens with zero attached hydrogens (tertiary/aromatic N) is 1. The molecule has 2 rings (SSSR count). The molecule has 4 heteroatoms. The van der Waals surface area contributed by atoms with Crippen molar-refractivity contribution in [3.05, 3.63) is 30.1 Å². The lowest BCUT2D eigenvalue weighted by Gasteiger charge is -2.24. The number of rotatable bonds is 3. The molecular weight excluding hydrogens is 214 g/mol. The van der Waals surface area contributed by atoms with E-state index in [4.69, 9.17) is 0 Å². The fraction of sp³-hybridized carbons (Fsp3) is 0.538. The van der Waals surface area contributed by atoms with Gasteiger partial charge in [0.1, 0.15) is 0 Å². The summed E-state index contributed by atoms with van der Waals surface area (Å²) in [6, 6.07) is 3.89. The summed E-state index contributed by atoms with van der Waals surface area (Å²) in [6.07, 6.45) is 4.40. The van der Waals surface area contributed by atoms with E-state index in [-0.39, 0.29) is 17.4 Å². The molecule has 0 bridgehead atoms. The highest BCUT2D eigenvalue weighted by Crippen LogP contribution is 2.25. The molecule has 0 aliphatic carbocycles. The topological polar surface area (TPSA) is 54.0 Å². The molecule has 2 heterocycles. The minimum absolute atomic E-state index is 0.0305. The van der Waals surface area contributed by atoms with Crippen LogP contribution in [0.25, 0.3) is 0 Å². The number of amides is 1. The normalized spacial score (nSPS) is 25.5. The number of aromatic nitrogens is 1. The molecular formula is C13H19N3O. The number of nitrogens with one attached hydrogen (secondary N) is 2. The second kappa shape index (κ2) is 4.84. The van der Waals surface area contributed by atoms with E-state index in [0.717, 1.165) is 25.1 Å². The minimum Gasteiger partial charge on any atom is -0.349 e. The van der Waals surface area contributed by atoms with Gasteiger partial charge in [-0.2, -0.15) is 0 Å². The zero-order chi connectivity index (χ0) is 12.3. The van der Waals surface area contributed by atoms with Crippen LogP contribution in [0.3, 0.4) is 0 Å². The van der Waals surface area contributed by atoms with Crippen LogP contribution in [-0.2, 0) is 4.79 Å². The van der Waals surface area contributed by atoms with Crippen molar-refractivity contribution >= 4 is 5.91 Å². The molecule has 0 spiro atoms. The second-order valence-corrected chi connectivity index (χ2v) is 4.96. The highest BCUT2D eigenvalue weighted by atomic mass is 16.2.